The van der Waals surface area contributed by atoms with Gasteiger partial charge in [0.05, 0.1) is 16.1 Å². The molecule has 30 heavy (non-hydrogen) atoms. The fourth-order valence-electron chi connectivity index (χ4n) is 3.76. The SMILES string of the molecule is O=C1OC(=O)C(c2ccc3cc([N+](=O)[O-])ccc3c2)=C1c1ccc2ccccc2c1. The van der Waals surface area contributed by atoms with E-state index in [0.717, 1.165) is 16.2 Å². The first kappa shape index (κ1) is 17.8. The monoisotopic (exact) mass is 395 g/mol. The van der Waals surface area contributed by atoms with Crippen molar-refractivity contribution >= 4 is 50.3 Å². The van der Waals surface area contributed by atoms with Crippen LogP contribution in [-0.4, -0.2) is 16.9 Å². The third-order valence-corrected chi connectivity index (χ3v) is 5.21. The lowest BCUT2D eigenvalue weighted by atomic mass is 9.93. The fraction of sp³-hybridized carbons (Fsp3) is 0. The number of hydrogen-bond donors (Lipinski definition) is 0. The van der Waals surface area contributed by atoms with E-state index in [0.29, 0.717) is 16.5 Å². The third-order valence-electron chi connectivity index (χ3n) is 5.21. The van der Waals surface area contributed by atoms with E-state index in [1.165, 1.54) is 12.1 Å². The Bertz CT molecular complexity index is 1430. The maximum atomic E-state index is 12.5. The van der Waals surface area contributed by atoms with Crippen LogP contribution in [0.3, 0.4) is 0 Å². The first-order chi connectivity index (χ1) is 14.5. The summed E-state index contributed by atoms with van der Waals surface area (Å²) >= 11 is 0. The Morgan fingerprint density at radius 2 is 1.13 bits per heavy atom. The van der Waals surface area contributed by atoms with Gasteiger partial charge in [-0.15, -0.1) is 0 Å². The Morgan fingerprint density at radius 3 is 1.77 bits per heavy atom. The van der Waals surface area contributed by atoms with Gasteiger partial charge in [0.2, 0.25) is 0 Å². The Balaban J connectivity index is 1.70. The second kappa shape index (κ2) is 6.63. The molecule has 6 nitrogen and oxygen atoms in total. The van der Waals surface area contributed by atoms with Crippen LogP contribution in [0, 0.1) is 10.1 Å². The molecule has 4 aromatic rings. The fourth-order valence-corrected chi connectivity index (χ4v) is 3.76. The van der Waals surface area contributed by atoms with Gasteiger partial charge < -0.3 is 4.74 Å². The molecule has 0 N–H and O–H groups in total. The first-order valence-electron chi connectivity index (χ1n) is 9.20. The van der Waals surface area contributed by atoms with Crippen molar-refractivity contribution in [3.8, 4) is 0 Å². The molecule has 0 aromatic heterocycles. The summed E-state index contributed by atoms with van der Waals surface area (Å²) in [4.78, 5) is 35.6. The predicted molar refractivity (Wildman–Crippen MR) is 112 cm³/mol. The quantitative estimate of drug-likeness (QED) is 0.213. The number of nitrogens with zero attached hydrogens (tertiary/aromatic N) is 1. The predicted octanol–water partition coefficient (Wildman–Crippen LogP) is 4.90. The van der Waals surface area contributed by atoms with Crippen molar-refractivity contribution in [3.05, 3.63) is 100 Å². The van der Waals surface area contributed by atoms with Gasteiger partial charge in [-0.1, -0.05) is 48.5 Å². The minimum absolute atomic E-state index is 0.0122. The van der Waals surface area contributed by atoms with E-state index < -0.39 is 16.9 Å². The van der Waals surface area contributed by atoms with Gasteiger partial charge in [-0.3, -0.25) is 10.1 Å². The molecule has 4 aromatic carbocycles. The molecule has 6 heteroatoms. The number of carbonyl (C=O) groups is 2. The Kier molecular flexibility index (Phi) is 3.93. The van der Waals surface area contributed by atoms with Crippen molar-refractivity contribution in [1.82, 2.24) is 0 Å². The summed E-state index contributed by atoms with van der Waals surface area (Å²) in [7, 11) is 0. The smallest absolute Gasteiger partial charge is 0.347 e. The van der Waals surface area contributed by atoms with Crippen molar-refractivity contribution in [2.24, 2.45) is 0 Å². The molecule has 0 atom stereocenters. The summed E-state index contributed by atoms with van der Waals surface area (Å²) < 4.78 is 4.93. The number of esters is 2. The van der Waals surface area contributed by atoms with Crippen LogP contribution in [-0.2, 0) is 14.3 Å². The van der Waals surface area contributed by atoms with Gasteiger partial charge >= 0.3 is 11.9 Å². The van der Waals surface area contributed by atoms with Gasteiger partial charge in [-0.25, -0.2) is 9.59 Å². The topological polar surface area (TPSA) is 86.5 Å². The van der Waals surface area contributed by atoms with E-state index in [9.17, 15) is 19.7 Å². The lowest BCUT2D eigenvalue weighted by Crippen LogP contribution is -2.02. The molecule has 5 rings (SSSR count). The Morgan fingerprint density at radius 1 is 0.633 bits per heavy atom. The van der Waals surface area contributed by atoms with Gasteiger partial charge in [0, 0.05) is 12.1 Å². The molecule has 0 spiro atoms. The number of carbonyl (C=O) groups excluding carboxylic acids is 2. The van der Waals surface area contributed by atoms with Gasteiger partial charge in [0.25, 0.3) is 5.69 Å². The summed E-state index contributed by atoms with van der Waals surface area (Å²) in [6, 6.07) is 22.9. The van der Waals surface area contributed by atoms with Crippen LogP contribution in [0.4, 0.5) is 5.69 Å². The van der Waals surface area contributed by atoms with Crippen molar-refractivity contribution < 1.29 is 19.2 Å². The average Bonchev–Trinajstić information content (AvgIpc) is 3.06. The molecule has 0 saturated heterocycles. The standard InChI is InChI=1S/C24H13NO5/c26-23-21(18-7-5-14-3-1-2-4-15(14)11-18)22(24(27)30-23)19-8-6-17-13-20(25(28)29)10-9-16(17)12-19/h1-13H. The summed E-state index contributed by atoms with van der Waals surface area (Å²) in [5, 5.41) is 14.3. The molecule has 144 valence electrons. The molecule has 1 heterocycles. The van der Waals surface area contributed by atoms with Crippen LogP contribution < -0.4 is 0 Å². The van der Waals surface area contributed by atoms with Crippen LogP contribution in [0.2, 0.25) is 0 Å². The van der Waals surface area contributed by atoms with Crippen molar-refractivity contribution in [1.29, 1.82) is 0 Å². The van der Waals surface area contributed by atoms with Gasteiger partial charge in [0.15, 0.2) is 0 Å². The number of fused-ring (bicyclic) bond motifs is 2. The zero-order valence-corrected chi connectivity index (χ0v) is 15.5. The molecule has 1 aliphatic heterocycles. The van der Waals surface area contributed by atoms with Crippen molar-refractivity contribution in [2.75, 3.05) is 0 Å². The zero-order valence-electron chi connectivity index (χ0n) is 15.5. The van der Waals surface area contributed by atoms with E-state index in [1.54, 1.807) is 30.3 Å². The van der Waals surface area contributed by atoms with Crippen LogP contribution in [0.25, 0.3) is 32.7 Å². The highest BCUT2D eigenvalue weighted by molar-refractivity contribution is 6.45. The number of nitro groups is 1. The summed E-state index contributed by atoms with van der Waals surface area (Å²) in [6.07, 6.45) is 0. The normalized spacial score (nSPS) is 13.9. The van der Waals surface area contributed by atoms with Gasteiger partial charge in [-0.2, -0.15) is 0 Å². The molecule has 0 unspecified atom stereocenters. The van der Waals surface area contributed by atoms with Crippen molar-refractivity contribution in [2.45, 2.75) is 0 Å². The number of benzene rings is 4. The molecule has 0 bridgehead atoms. The number of rotatable bonds is 3. The summed E-state index contributed by atoms with van der Waals surface area (Å²) in [6.45, 7) is 0. The van der Waals surface area contributed by atoms with E-state index in [1.807, 2.05) is 36.4 Å². The Hall–Kier alpha value is -4.32. The first-order valence-corrected chi connectivity index (χ1v) is 9.20. The molecule has 1 aliphatic rings. The lowest BCUT2D eigenvalue weighted by molar-refractivity contribution is -0.384. The van der Waals surface area contributed by atoms with E-state index >= 15 is 0 Å². The molecule has 0 radical (unpaired) electrons. The highest BCUT2D eigenvalue weighted by Crippen LogP contribution is 2.36. The number of nitro benzene ring substituents is 1. The van der Waals surface area contributed by atoms with E-state index in [-0.39, 0.29) is 16.8 Å². The minimum atomic E-state index is -0.704. The van der Waals surface area contributed by atoms with Crippen LogP contribution in [0.1, 0.15) is 11.1 Å². The lowest BCUT2D eigenvalue weighted by Gasteiger charge is -2.07. The summed E-state index contributed by atoms with van der Waals surface area (Å²) in [5.41, 5.74) is 1.52. The van der Waals surface area contributed by atoms with Gasteiger partial charge in [-0.05, 0) is 50.9 Å². The van der Waals surface area contributed by atoms with Crippen molar-refractivity contribution in [3.63, 3.8) is 0 Å². The average molecular weight is 395 g/mol. The highest BCUT2D eigenvalue weighted by Gasteiger charge is 2.35. The zero-order chi connectivity index (χ0) is 20.8. The van der Waals surface area contributed by atoms with Gasteiger partial charge in [0.1, 0.15) is 0 Å². The van der Waals surface area contributed by atoms with E-state index in [4.69, 9.17) is 4.74 Å². The maximum Gasteiger partial charge on any atom is 0.347 e. The van der Waals surface area contributed by atoms with Crippen LogP contribution in [0.5, 0.6) is 0 Å². The molecular weight excluding hydrogens is 382 g/mol. The maximum absolute atomic E-state index is 12.5. The van der Waals surface area contributed by atoms with E-state index in [2.05, 4.69) is 0 Å². The largest absolute Gasteiger partial charge is 0.386 e. The second-order valence-corrected chi connectivity index (χ2v) is 6.99. The number of cyclic esters (lactones) is 2. The minimum Gasteiger partial charge on any atom is -0.386 e. The Labute approximate surface area is 170 Å². The molecule has 0 amide bonds. The number of hydrogen-bond acceptors (Lipinski definition) is 5. The molecule has 0 saturated carbocycles. The highest BCUT2D eigenvalue weighted by atomic mass is 16.6. The third kappa shape index (κ3) is 2.82. The molecular formula is C24H13NO5. The molecule has 0 fully saturated rings. The number of ether oxygens (including phenoxy) is 1. The second-order valence-electron chi connectivity index (χ2n) is 6.99. The number of non-ortho nitro benzene ring substituents is 1. The van der Waals surface area contributed by atoms with Crippen LogP contribution in [0.15, 0.2) is 78.9 Å². The summed E-state index contributed by atoms with van der Waals surface area (Å²) in [5.74, 6) is -1.39. The van der Waals surface area contributed by atoms with Crippen LogP contribution >= 0.6 is 0 Å². The molecule has 0 aliphatic carbocycles.